The fraction of sp³-hybridized carbons (Fsp3) is 0.308. The van der Waals surface area contributed by atoms with Crippen LogP contribution in [0.4, 0.5) is 10.7 Å². The minimum atomic E-state index is -0.285. The van der Waals surface area contributed by atoms with Crippen LogP contribution >= 0.6 is 0 Å². The Balaban J connectivity index is 1.64. The number of nitrogens with one attached hydrogen (secondary N) is 1. The molecule has 2 heterocycles. The number of nitrogens with zero attached hydrogens (tertiary/aromatic N) is 6. The number of carbonyl (C=O) groups excluding carboxylic acids is 1. The normalized spacial score (nSPS) is 10.8. The third-order valence-electron chi connectivity index (χ3n) is 3.16. The number of benzene rings is 1. The van der Waals surface area contributed by atoms with Crippen molar-refractivity contribution in [2.75, 3.05) is 12.4 Å². The lowest BCUT2D eigenvalue weighted by atomic mass is 10.2. The van der Waals surface area contributed by atoms with Gasteiger partial charge in [-0.15, -0.1) is 5.10 Å². The molecule has 2 amide bonds. The molecule has 9 heteroatoms. The number of rotatable bonds is 4. The zero-order valence-electron chi connectivity index (χ0n) is 12.2. The highest BCUT2D eigenvalue weighted by atomic mass is 16.6. The minimum Gasteiger partial charge on any atom is -0.323 e. The molecule has 114 valence electrons. The van der Waals surface area contributed by atoms with Gasteiger partial charge < -0.3 is 4.90 Å². The van der Waals surface area contributed by atoms with Gasteiger partial charge in [0.15, 0.2) is 0 Å². The fourth-order valence-electron chi connectivity index (χ4n) is 1.97. The van der Waals surface area contributed by atoms with Gasteiger partial charge in [0, 0.05) is 20.1 Å². The van der Waals surface area contributed by atoms with Gasteiger partial charge in [0.05, 0.1) is 0 Å². The van der Waals surface area contributed by atoms with Crippen LogP contribution in [-0.2, 0) is 13.1 Å². The molecule has 3 aromatic rings. The van der Waals surface area contributed by atoms with Crippen molar-refractivity contribution in [3.8, 4) is 0 Å². The summed E-state index contributed by atoms with van der Waals surface area (Å²) in [6.07, 6.45) is 1.57. The third-order valence-corrected chi connectivity index (χ3v) is 3.16. The molecule has 9 nitrogen and oxygen atoms in total. The van der Waals surface area contributed by atoms with Gasteiger partial charge in [-0.1, -0.05) is 6.07 Å². The van der Waals surface area contributed by atoms with Crippen molar-refractivity contribution in [3.63, 3.8) is 0 Å². The van der Waals surface area contributed by atoms with E-state index >= 15 is 0 Å². The van der Waals surface area contributed by atoms with Gasteiger partial charge in [0.1, 0.15) is 17.4 Å². The molecule has 0 bridgehead atoms. The van der Waals surface area contributed by atoms with Crippen LogP contribution in [0.2, 0.25) is 0 Å². The van der Waals surface area contributed by atoms with E-state index in [1.54, 1.807) is 24.1 Å². The second-order valence-electron chi connectivity index (χ2n) is 4.80. The van der Waals surface area contributed by atoms with Crippen molar-refractivity contribution < 1.29 is 9.42 Å². The van der Waals surface area contributed by atoms with Gasteiger partial charge in [-0.05, 0) is 34.9 Å². The van der Waals surface area contributed by atoms with Gasteiger partial charge in [0.25, 0.3) is 0 Å². The first kappa shape index (κ1) is 14.0. The van der Waals surface area contributed by atoms with Crippen LogP contribution in [0.25, 0.3) is 11.0 Å². The lowest BCUT2D eigenvalue weighted by Crippen LogP contribution is -2.31. The van der Waals surface area contributed by atoms with Crippen molar-refractivity contribution in [2.45, 2.75) is 20.0 Å². The average molecular weight is 301 g/mol. The maximum Gasteiger partial charge on any atom is 0.324 e. The number of aromatic nitrogens is 5. The highest BCUT2D eigenvalue weighted by molar-refractivity contribution is 5.87. The van der Waals surface area contributed by atoms with Crippen molar-refractivity contribution >= 4 is 23.0 Å². The maximum atomic E-state index is 12.1. The van der Waals surface area contributed by atoms with E-state index in [1.807, 2.05) is 19.1 Å². The molecule has 1 aromatic carbocycles. The molecule has 0 saturated heterocycles. The number of aryl methyl sites for hydroxylation is 1. The zero-order valence-corrected chi connectivity index (χ0v) is 12.2. The molecule has 0 radical (unpaired) electrons. The summed E-state index contributed by atoms with van der Waals surface area (Å²) >= 11 is 0. The molecule has 2 aromatic heterocycles. The standard InChI is InChI=1S/C13H15N7O2/c1-3-20-8-14-12(16-20)15-13(21)19(2)7-9-4-5-10-11(6-9)18-22-17-10/h4-6,8H,3,7H2,1-2H3,(H,15,16,21). The van der Waals surface area contributed by atoms with Crippen LogP contribution in [0.5, 0.6) is 0 Å². The minimum absolute atomic E-state index is 0.285. The lowest BCUT2D eigenvalue weighted by molar-refractivity contribution is 0.220. The molecular formula is C13H15N7O2. The van der Waals surface area contributed by atoms with Gasteiger partial charge in [-0.3, -0.25) is 10.00 Å². The molecule has 0 atom stereocenters. The number of urea groups is 1. The van der Waals surface area contributed by atoms with Crippen LogP contribution in [0.15, 0.2) is 29.2 Å². The predicted octanol–water partition coefficient (Wildman–Crippen LogP) is 1.50. The number of hydrogen-bond acceptors (Lipinski definition) is 6. The number of fused-ring (bicyclic) bond motifs is 1. The van der Waals surface area contributed by atoms with Crippen LogP contribution in [0, 0.1) is 0 Å². The number of amides is 2. The summed E-state index contributed by atoms with van der Waals surface area (Å²) in [7, 11) is 1.69. The topological polar surface area (TPSA) is 102 Å². The second kappa shape index (κ2) is 5.80. The van der Waals surface area contributed by atoms with E-state index in [9.17, 15) is 4.79 Å². The summed E-state index contributed by atoms with van der Waals surface area (Å²) in [5.41, 5.74) is 2.27. The van der Waals surface area contributed by atoms with Crippen molar-refractivity contribution in [3.05, 3.63) is 30.1 Å². The van der Waals surface area contributed by atoms with Crippen LogP contribution in [0.3, 0.4) is 0 Å². The van der Waals surface area contributed by atoms with E-state index in [0.717, 1.165) is 5.56 Å². The monoisotopic (exact) mass is 301 g/mol. The largest absolute Gasteiger partial charge is 0.324 e. The molecule has 0 fully saturated rings. The maximum absolute atomic E-state index is 12.1. The molecule has 0 aliphatic rings. The van der Waals surface area contributed by atoms with Crippen molar-refractivity contribution in [2.24, 2.45) is 0 Å². The van der Waals surface area contributed by atoms with Gasteiger partial charge in [-0.25, -0.2) is 14.4 Å². The van der Waals surface area contributed by atoms with Gasteiger partial charge in [0.2, 0.25) is 5.95 Å². The number of carbonyl (C=O) groups is 1. The number of hydrogen-bond donors (Lipinski definition) is 1. The predicted molar refractivity (Wildman–Crippen MR) is 78.0 cm³/mol. The summed E-state index contributed by atoms with van der Waals surface area (Å²) in [5, 5.41) is 14.3. The van der Waals surface area contributed by atoms with E-state index in [0.29, 0.717) is 24.1 Å². The summed E-state index contributed by atoms with van der Waals surface area (Å²) in [5.74, 6) is 0.287. The summed E-state index contributed by atoms with van der Waals surface area (Å²) < 4.78 is 6.29. The quantitative estimate of drug-likeness (QED) is 0.783. The Hall–Kier alpha value is -2.97. The Morgan fingerprint density at radius 1 is 1.36 bits per heavy atom. The Morgan fingerprint density at radius 2 is 2.18 bits per heavy atom. The smallest absolute Gasteiger partial charge is 0.323 e. The molecular weight excluding hydrogens is 286 g/mol. The van der Waals surface area contributed by atoms with E-state index < -0.39 is 0 Å². The van der Waals surface area contributed by atoms with E-state index in [1.165, 1.54) is 4.90 Å². The van der Waals surface area contributed by atoms with Gasteiger partial charge in [-0.2, -0.15) is 0 Å². The Bertz CT molecular complexity index is 794. The summed E-state index contributed by atoms with van der Waals surface area (Å²) in [4.78, 5) is 17.6. The zero-order chi connectivity index (χ0) is 15.5. The average Bonchev–Trinajstić information content (AvgIpc) is 3.15. The highest BCUT2D eigenvalue weighted by Crippen LogP contribution is 2.13. The fourth-order valence-corrected chi connectivity index (χ4v) is 1.97. The van der Waals surface area contributed by atoms with Crippen molar-refractivity contribution in [1.82, 2.24) is 30.0 Å². The van der Waals surface area contributed by atoms with Crippen LogP contribution in [0.1, 0.15) is 12.5 Å². The summed E-state index contributed by atoms with van der Waals surface area (Å²) in [6.45, 7) is 3.06. The molecule has 0 aliphatic heterocycles. The van der Waals surface area contributed by atoms with Crippen LogP contribution < -0.4 is 5.32 Å². The molecule has 0 spiro atoms. The summed E-state index contributed by atoms with van der Waals surface area (Å²) in [6, 6.07) is 5.23. The van der Waals surface area contributed by atoms with E-state index in [2.05, 4.69) is 30.3 Å². The first-order chi connectivity index (χ1) is 10.7. The van der Waals surface area contributed by atoms with Crippen molar-refractivity contribution in [1.29, 1.82) is 0 Å². The highest BCUT2D eigenvalue weighted by Gasteiger charge is 2.12. The Morgan fingerprint density at radius 3 is 2.95 bits per heavy atom. The molecule has 0 unspecified atom stereocenters. The molecule has 0 saturated carbocycles. The van der Waals surface area contributed by atoms with Crippen LogP contribution in [-0.4, -0.2) is 43.1 Å². The SMILES string of the molecule is CCn1cnc(NC(=O)N(C)Cc2ccc3nonc3c2)n1. The first-order valence-corrected chi connectivity index (χ1v) is 6.78. The molecule has 22 heavy (non-hydrogen) atoms. The lowest BCUT2D eigenvalue weighted by Gasteiger charge is -2.16. The van der Waals surface area contributed by atoms with Gasteiger partial charge >= 0.3 is 6.03 Å². The molecule has 0 aliphatic carbocycles. The third kappa shape index (κ3) is 2.87. The Labute approximate surface area is 125 Å². The second-order valence-corrected chi connectivity index (χ2v) is 4.80. The molecule has 3 rings (SSSR count). The Kier molecular flexibility index (Phi) is 3.69. The van der Waals surface area contributed by atoms with E-state index in [-0.39, 0.29) is 12.0 Å². The molecule has 1 N–H and O–H groups in total. The van der Waals surface area contributed by atoms with E-state index in [4.69, 9.17) is 0 Å². The first-order valence-electron chi connectivity index (χ1n) is 6.78. The number of anilines is 1.